The number of H-pyrrole nitrogens is 1. The van der Waals surface area contributed by atoms with Gasteiger partial charge in [0.05, 0.1) is 16.6 Å². The van der Waals surface area contributed by atoms with E-state index >= 15 is 0 Å². The van der Waals surface area contributed by atoms with Gasteiger partial charge in [-0.05, 0) is 41.8 Å². The topological polar surface area (TPSA) is 62.8 Å². The van der Waals surface area contributed by atoms with Gasteiger partial charge >= 0.3 is 6.18 Å². The predicted molar refractivity (Wildman–Crippen MR) is 113 cm³/mol. The fraction of sp³-hybridized carbons (Fsp3) is 0.0435. The van der Waals surface area contributed by atoms with Crippen LogP contribution >= 0.6 is 0 Å². The molecular weight excluding hydrogens is 405 g/mol. The van der Waals surface area contributed by atoms with Crippen molar-refractivity contribution in [2.45, 2.75) is 6.18 Å². The summed E-state index contributed by atoms with van der Waals surface area (Å²) in [5.41, 5.74) is 1.33. The summed E-state index contributed by atoms with van der Waals surface area (Å²) >= 11 is 0. The van der Waals surface area contributed by atoms with Gasteiger partial charge in [-0.1, -0.05) is 36.4 Å². The molecule has 0 aliphatic rings. The summed E-state index contributed by atoms with van der Waals surface area (Å²) in [4.78, 5) is 12.0. The Labute approximate surface area is 174 Å². The molecule has 8 heteroatoms. The number of anilines is 2. The van der Waals surface area contributed by atoms with Crippen LogP contribution in [0, 0.1) is 0 Å². The van der Waals surface area contributed by atoms with Gasteiger partial charge in [0.15, 0.2) is 0 Å². The largest absolute Gasteiger partial charge is 0.437 e. The summed E-state index contributed by atoms with van der Waals surface area (Å²) in [5, 5.41) is 5.20. The number of fused-ring (bicyclic) bond motifs is 3. The van der Waals surface area contributed by atoms with E-state index in [2.05, 4.69) is 20.3 Å². The highest BCUT2D eigenvalue weighted by Crippen LogP contribution is 2.34. The number of hydrogen-bond acceptors (Lipinski definition) is 4. The van der Waals surface area contributed by atoms with Crippen molar-refractivity contribution in [2.24, 2.45) is 0 Å². The lowest BCUT2D eigenvalue weighted by Gasteiger charge is -2.12. The maximum atomic E-state index is 13.0. The Bertz CT molecular complexity index is 1390. The van der Waals surface area contributed by atoms with Crippen LogP contribution in [-0.2, 0) is 6.18 Å². The summed E-state index contributed by atoms with van der Waals surface area (Å²) in [5.74, 6) is 0.632. The predicted octanol–water partition coefficient (Wildman–Crippen LogP) is 6.67. The van der Waals surface area contributed by atoms with Gasteiger partial charge in [0.1, 0.15) is 11.4 Å². The van der Waals surface area contributed by atoms with E-state index in [4.69, 9.17) is 4.74 Å². The quantitative estimate of drug-likeness (QED) is 0.341. The first-order valence-electron chi connectivity index (χ1n) is 9.42. The Morgan fingerprint density at radius 1 is 0.903 bits per heavy atom. The van der Waals surface area contributed by atoms with Gasteiger partial charge < -0.3 is 15.0 Å². The first-order chi connectivity index (χ1) is 15.0. The van der Waals surface area contributed by atoms with Gasteiger partial charge in [-0.2, -0.15) is 13.2 Å². The Hall–Kier alpha value is -4.07. The second kappa shape index (κ2) is 7.32. The molecule has 0 saturated heterocycles. The van der Waals surface area contributed by atoms with Crippen LogP contribution in [0.5, 0.6) is 11.6 Å². The number of halogens is 3. The third kappa shape index (κ3) is 3.75. The van der Waals surface area contributed by atoms with Crippen molar-refractivity contribution in [1.82, 2.24) is 15.0 Å². The van der Waals surface area contributed by atoms with Gasteiger partial charge in [0.25, 0.3) is 0 Å². The number of alkyl halides is 3. The van der Waals surface area contributed by atoms with Crippen LogP contribution in [0.1, 0.15) is 5.56 Å². The highest BCUT2D eigenvalue weighted by atomic mass is 19.4. The fourth-order valence-electron chi connectivity index (χ4n) is 3.35. The number of hydrogen-bond donors (Lipinski definition) is 2. The zero-order chi connectivity index (χ0) is 21.4. The number of nitrogens with zero attached hydrogens (tertiary/aromatic N) is 2. The molecule has 0 bridgehead atoms. The van der Waals surface area contributed by atoms with E-state index in [0.717, 1.165) is 33.9 Å². The van der Waals surface area contributed by atoms with Crippen molar-refractivity contribution in [3.05, 3.63) is 84.6 Å². The second-order valence-electron chi connectivity index (χ2n) is 6.88. The van der Waals surface area contributed by atoms with E-state index in [1.54, 1.807) is 12.1 Å². The van der Waals surface area contributed by atoms with Gasteiger partial charge in [-0.15, -0.1) is 0 Å². The summed E-state index contributed by atoms with van der Waals surface area (Å²) in [6.07, 6.45) is -2.96. The molecule has 5 rings (SSSR count). The van der Waals surface area contributed by atoms with E-state index in [0.29, 0.717) is 11.6 Å². The van der Waals surface area contributed by atoms with Crippen LogP contribution in [0.4, 0.5) is 24.8 Å². The van der Waals surface area contributed by atoms with Crippen molar-refractivity contribution in [1.29, 1.82) is 0 Å². The van der Waals surface area contributed by atoms with Crippen molar-refractivity contribution >= 4 is 33.4 Å². The molecule has 2 aromatic heterocycles. The standard InChI is InChI=1S/C23H15F3N4O/c24-23(25,26)15-6-3-7-16(13-15)31-21-19(9-4-12-27-21)29-22-28-18-11-10-14-5-1-2-8-17(14)20(18)30-22/h1-13H,(H2,28,29,30). The van der Waals surface area contributed by atoms with Gasteiger partial charge in [0.2, 0.25) is 11.8 Å². The zero-order valence-corrected chi connectivity index (χ0v) is 15.9. The first-order valence-corrected chi connectivity index (χ1v) is 9.42. The monoisotopic (exact) mass is 420 g/mol. The molecule has 2 N–H and O–H groups in total. The molecule has 0 unspecified atom stereocenters. The highest BCUT2D eigenvalue weighted by Gasteiger charge is 2.30. The van der Waals surface area contributed by atoms with Gasteiger partial charge in [-0.25, -0.2) is 9.97 Å². The lowest BCUT2D eigenvalue weighted by atomic mass is 10.1. The molecule has 3 aromatic carbocycles. The smallest absolute Gasteiger partial charge is 0.416 e. The molecule has 0 fully saturated rings. The third-order valence-electron chi connectivity index (χ3n) is 4.78. The number of nitrogens with one attached hydrogen (secondary N) is 2. The average Bonchev–Trinajstić information content (AvgIpc) is 3.18. The minimum atomic E-state index is -4.46. The molecule has 154 valence electrons. The number of ether oxygens (including phenoxy) is 1. The van der Waals surface area contributed by atoms with Crippen LogP contribution < -0.4 is 10.1 Å². The second-order valence-corrected chi connectivity index (χ2v) is 6.88. The molecule has 0 atom stereocenters. The molecule has 2 heterocycles. The first kappa shape index (κ1) is 18.9. The minimum absolute atomic E-state index is 0.0344. The van der Waals surface area contributed by atoms with E-state index in [1.807, 2.05) is 36.4 Å². The van der Waals surface area contributed by atoms with Crippen LogP contribution in [0.2, 0.25) is 0 Å². The van der Waals surface area contributed by atoms with E-state index in [1.165, 1.54) is 18.3 Å². The molecule has 5 aromatic rings. The Kier molecular flexibility index (Phi) is 4.47. The van der Waals surface area contributed by atoms with E-state index in [9.17, 15) is 13.2 Å². The molecule has 0 radical (unpaired) electrons. The maximum absolute atomic E-state index is 13.0. The van der Waals surface area contributed by atoms with Gasteiger partial charge in [-0.3, -0.25) is 0 Å². The summed E-state index contributed by atoms with van der Waals surface area (Å²) in [6.45, 7) is 0. The lowest BCUT2D eigenvalue weighted by molar-refractivity contribution is -0.137. The van der Waals surface area contributed by atoms with Crippen molar-refractivity contribution in [3.63, 3.8) is 0 Å². The Morgan fingerprint density at radius 2 is 1.77 bits per heavy atom. The Balaban J connectivity index is 1.47. The number of aromatic amines is 1. The number of benzene rings is 3. The highest BCUT2D eigenvalue weighted by molar-refractivity contribution is 6.04. The minimum Gasteiger partial charge on any atom is -0.437 e. The van der Waals surface area contributed by atoms with Crippen LogP contribution in [0.3, 0.4) is 0 Å². The number of rotatable bonds is 4. The molecule has 31 heavy (non-hydrogen) atoms. The van der Waals surface area contributed by atoms with Crippen molar-refractivity contribution < 1.29 is 17.9 Å². The Morgan fingerprint density at radius 3 is 2.65 bits per heavy atom. The zero-order valence-electron chi connectivity index (χ0n) is 15.9. The van der Waals surface area contributed by atoms with E-state index < -0.39 is 11.7 Å². The summed E-state index contributed by atoms with van der Waals surface area (Å²) in [6, 6.07) is 19.9. The molecule has 0 saturated carbocycles. The number of pyridine rings is 1. The normalized spacial score (nSPS) is 11.7. The van der Waals surface area contributed by atoms with Crippen LogP contribution in [-0.4, -0.2) is 15.0 Å². The van der Waals surface area contributed by atoms with Crippen molar-refractivity contribution in [2.75, 3.05) is 5.32 Å². The third-order valence-corrected chi connectivity index (χ3v) is 4.78. The van der Waals surface area contributed by atoms with E-state index in [-0.39, 0.29) is 11.6 Å². The number of aromatic nitrogens is 3. The number of imidazole rings is 1. The van der Waals surface area contributed by atoms with Crippen molar-refractivity contribution in [3.8, 4) is 11.6 Å². The SMILES string of the molecule is FC(F)(F)c1cccc(Oc2ncccc2Nc2nc3c(ccc4ccccc43)[nH]2)c1. The lowest BCUT2D eigenvalue weighted by Crippen LogP contribution is -2.04. The molecule has 0 spiro atoms. The average molecular weight is 420 g/mol. The summed E-state index contributed by atoms with van der Waals surface area (Å²) < 4.78 is 44.6. The molecule has 0 amide bonds. The summed E-state index contributed by atoms with van der Waals surface area (Å²) in [7, 11) is 0. The van der Waals surface area contributed by atoms with Crippen LogP contribution in [0.15, 0.2) is 79.0 Å². The fourth-order valence-corrected chi connectivity index (χ4v) is 3.35. The van der Waals surface area contributed by atoms with Gasteiger partial charge in [0, 0.05) is 11.6 Å². The maximum Gasteiger partial charge on any atom is 0.416 e. The molecule has 5 nitrogen and oxygen atoms in total. The molecule has 0 aliphatic carbocycles. The molecule has 0 aliphatic heterocycles. The van der Waals surface area contributed by atoms with Crippen LogP contribution in [0.25, 0.3) is 21.8 Å². The molecular formula is C23H15F3N4O.